The van der Waals surface area contributed by atoms with Crippen molar-refractivity contribution < 1.29 is 14.3 Å². The van der Waals surface area contributed by atoms with Gasteiger partial charge in [-0.1, -0.05) is 36.4 Å². The molecule has 0 N–H and O–H groups in total. The molecular formula is C15H16O3. The lowest BCUT2D eigenvalue weighted by Crippen LogP contribution is -2.19. The van der Waals surface area contributed by atoms with Gasteiger partial charge in [-0.15, -0.1) is 0 Å². The second-order valence-electron chi connectivity index (χ2n) is 4.87. The van der Waals surface area contributed by atoms with Gasteiger partial charge in [0.2, 0.25) is 0 Å². The van der Waals surface area contributed by atoms with Gasteiger partial charge in [-0.05, 0) is 11.6 Å². The molecule has 3 nitrogen and oxygen atoms in total. The van der Waals surface area contributed by atoms with Crippen LogP contribution >= 0.6 is 0 Å². The van der Waals surface area contributed by atoms with Crippen LogP contribution in [0.15, 0.2) is 42.5 Å². The molecule has 1 aliphatic carbocycles. The van der Waals surface area contributed by atoms with Gasteiger partial charge in [0.15, 0.2) is 0 Å². The number of rotatable bonds is 4. The summed E-state index contributed by atoms with van der Waals surface area (Å²) < 4.78 is 10.9. The standard InChI is InChI=1S/C15H16O3/c16-15-8-13-12(6-7-14(13)18-15)10-17-9-11-4-2-1-3-5-11/h1-7,12-14H,8-10H2/t12-,13-,14+/m1/s1. The maximum absolute atomic E-state index is 11.2. The summed E-state index contributed by atoms with van der Waals surface area (Å²) in [5.41, 5.74) is 1.18. The fourth-order valence-corrected chi connectivity index (χ4v) is 2.63. The maximum Gasteiger partial charge on any atom is 0.306 e. The smallest absolute Gasteiger partial charge is 0.306 e. The van der Waals surface area contributed by atoms with Crippen molar-refractivity contribution >= 4 is 5.97 Å². The molecule has 1 fully saturated rings. The summed E-state index contributed by atoms with van der Waals surface area (Å²) in [5.74, 6) is 0.515. The first-order valence-corrected chi connectivity index (χ1v) is 6.32. The second-order valence-corrected chi connectivity index (χ2v) is 4.87. The van der Waals surface area contributed by atoms with Crippen molar-refractivity contribution in [1.82, 2.24) is 0 Å². The van der Waals surface area contributed by atoms with E-state index in [1.807, 2.05) is 24.3 Å². The molecule has 0 saturated carbocycles. The molecule has 1 aliphatic heterocycles. The highest BCUT2D eigenvalue weighted by molar-refractivity contribution is 5.73. The molecule has 0 unspecified atom stereocenters. The average molecular weight is 244 g/mol. The van der Waals surface area contributed by atoms with Gasteiger partial charge in [-0.3, -0.25) is 4.79 Å². The average Bonchev–Trinajstić information content (AvgIpc) is 2.91. The van der Waals surface area contributed by atoms with Crippen molar-refractivity contribution in [2.75, 3.05) is 6.61 Å². The quantitative estimate of drug-likeness (QED) is 0.602. The Bertz CT molecular complexity index is 452. The Hall–Kier alpha value is -1.61. The van der Waals surface area contributed by atoms with Crippen LogP contribution in [-0.4, -0.2) is 18.7 Å². The Morgan fingerprint density at radius 3 is 2.89 bits per heavy atom. The van der Waals surface area contributed by atoms with E-state index < -0.39 is 0 Å². The van der Waals surface area contributed by atoms with E-state index in [0.717, 1.165) is 0 Å². The van der Waals surface area contributed by atoms with Gasteiger partial charge in [0.25, 0.3) is 0 Å². The minimum absolute atomic E-state index is 0.0113. The molecule has 0 aromatic heterocycles. The summed E-state index contributed by atoms with van der Waals surface area (Å²) in [7, 11) is 0. The summed E-state index contributed by atoms with van der Waals surface area (Å²) in [4.78, 5) is 11.2. The van der Waals surface area contributed by atoms with Crippen LogP contribution in [0, 0.1) is 11.8 Å². The largest absolute Gasteiger partial charge is 0.458 e. The summed E-state index contributed by atoms with van der Waals surface area (Å²) in [6.45, 7) is 1.28. The zero-order valence-corrected chi connectivity index (χ0v) is 10.1. The van der Waals surface area contributed by atoms with Gasteiger partial charge in [0.1, 0.15) is 6.10 Å². The maximum atomic E-state index is 11.2. The second kappa shape index (κ2) is 4.94. The Kier molecular flexibility index (Phi) is 3.15. The molecule has 2 aliphatic rings. The van der Waals surface area contributed by atoms with Gasteiger partial charge >= 0.3 is 5.97 Å². The Labute approximate surface area is 106 Å². The summed E-state index contributed by atoms with van der Waals surface area (Å²) in [6.07, 6.45) is 4.62. The molecule has 1 saturated heterocycles. The molecular weight excluding hydrogens is 228 g/mol. The summed E-state index contributed by atoms with van der Waals surface area (Å²) in [6, 6.07) is 10.1. The van der Waals surface area contributed by atoms with Gasteiger partial charge < -0.3 is 9.47 Å². The van der Waals surface area contributed by atoms with Crippen LogP contribution in [0.2, 0.25) is 0 Å². The van der Waals surface area contributed by atoms with Crippen LogP contribution in [0.25, 0.3) is 0 Å². The molecule has 1 aromatic rings. The van der Waals surface area contributed by atoms with Crippen LogP contribution < -0.4 is 0 Å². The predicted molar refractivity (Wildman–Crippen MR) is 66.7 cm³/mol. The minimum atomic E-state index is -0.0811. The van der Waals surface area contributed by atoms with E-state index in [1.54, 1.807) is 0 Å². The molecule has 3 rings (SSSR count). The highest BCUT2D eigenvalue weighted by atomic mass is 16.6. The van der Waals surface area contributed by atoms with E-state index in [1.165, 1.54) is 5.56 Å². The van der Waals surface area contributed by atoms with E-state index in [9.17, 15) is 4.79 Å². The normalized spacial score (nSPS) is 29.3. The van der Waals surface area contributed by atoms with E-state index in [4.69, 9.17) is 9.47 Å². The molecule has 0 amide bonds. The lowest BCUT2D eigenvalue weighted by molar-refractivity contribution is -0.140. The number of ether oxygens (including phenoxy) is 2. The molecule has 3 heteroatoms. The fourth-order valence-electron chi connectivity index (χ4n) is 2.63. The van der Waals surface area contributed by atoms with Crippen LogP contribution in [0.1, 0.15) is 12.0 Å². The van der Waals surface area contributed by atoms with E-state index >= 15 is 0 Å². The van der Waals surface area contributed by atoms with Crippen molar-refractivity contribution in [3.63, 3.8) is 0 Å². The third-order valence-corrected chi connectivity index (χ3v) is 3.61. The zero-order valence-electron chi connectivity index (χ0n) is 10.1. The van der Waals surface area contributed by atoms with Crippen LogP contribution in [-0.2, 0) is 20.9 Å². The summed E-state index contributed by atoms with van der Waals surface area (Å²) in [5, 5.41) is 0. The molecule has 3 atom stereocenters. The molecule has 0 bridgehead atoms. The summed E-state index contributed by atoms with van der Waals surface area (Å²) >= 11 is 0. The lowest BCUT2D eigenvalue weighted by Gasteiger charge is -2.16. The molecule has 94 valence electrons. The van der Waals surface area contributed by atoms with Gasteiger partial charge in [0.05, 0.1) is 19.6 Å². The molecule has 0 spiro atoms. The monoisotopic (exact) mass is 244 g/mol. The van der Waals surface area contributed by atoms with E-state index in [-0.39, 0.29) is 18.0 Å². The molecule has 1 heterocycles. The highest BCUT2D eigenvalue weighted by Crippen LogP contribution is 2.36. The SMILES string of the molecule is O=C1C[C@@H]2[C@@H](COCc3ccccc3)C=C[C@@H]2O1. The number of esters is 1. The van der Waals surface area contributed by atoms with Crippen LogP contribution in [0.5, 0.6) is 0 Å². The molecule has 18 heavy (non-hydrogen) atoms. The number of hydrogen-bond donors (Lipinski definition) is 0. The van der Waals surface area contributed by atoms with Crippen molar-refractivity contribution in [1.29, 1.82) is 0 Å². The number of carbonyl (C=O) groups is 1. The van der Waals surface area contributed by atoms with Crippen molar-refractivity contribution in [3.8, 4) is 0 Å². The van der Waals surface area contributed by atoms with Gasteiger partial charge in [-0.25, -0.2) is 0 Å². The van der Waals surface area contributed by atoms with Crippen LogP contribution in [0.3, 0.4) is 0 Å². The van der Waals surface area contributed by atoms with Gasteiger partial charge in [-0.2, -0.15) is 0 Å². The Balaban J connectivity index is 1.50. The zero-order chi connectivity index (χ0) is 12.4. The number of hydrogen-bond acceptors (Lipinski definition) is 3. The number of benzene rings is 1. The molecule has 1 aromatic carbocycles. The Morgan fingerprint density at radius 1 is 1.22 bits per heavy atom. The van der Waals surface area contributed by atoms with Crippen LogP contribution in [0.4, 0.5) is 0 Å². The fraction of sp³-hybridized carbons (Fsp3) is 0.400. The van der Waals surface area contributed by atoms with Crippen molar-refractivity contribution in [2.45, 2.75) is 19.1 Å². The number of fused-ring (bicyclic) bond motifs is 1. The topological polar surface area (TPSA) is 35.5 Å². The van der Waals surface area contributed by atoms with Crippen molar-refractivity contribution in [3.05, 3.63) is 48.0 Å². The molecule has 0 radical (unpaired) electrons. The Morgan fingerprint density at radius 2 is 2.06 bits per heavy atom. The van der Waals surface area contributed by atoms with Gasteiger partial charge in [0, 0.05) is 11.8 Å². The lowest BCUT2D eigenvalue weighted by atomic mass is 9.93. The minimum Gasteiger partial charge on any atom is -0.458 e. The highest BCUT2D eigenvalue weighted by Gasteiger charge is 2.41. The number of carbonyl (C=O) groups excluding carboxylic acids is 1. The first-order chi connectivity index (χ1) is 8.83. The van der Waals surface area contributed by atoms with Crippen molar-refractivity contribution in [2.24, 2.45) is 11.8 Å². The third-order valence-electron chi connectivity index (χ3n) is 3.61. The first-order valence-electron chi connectivity index (χ1n) is 6.32. The van der Waals surface area contributed by atoms with E-state index in [2.05, 4.69) is 18.2 Å². The first kappa shape index (κ1) is 11.5. The third kappa shape index (κ3) is 2.31. The van der Waals surface area contributed by atoms with E-state index in [0.29, 0.717) is 25.6 Å². The predicted octanol–water partition coefficient (Wildman–Crippen LogP) is 2.32.